The number of nitrogens with one attached hydrogen (secondary N) is 2. The van der Waals surface area contributed by atoms with Gasteiger partial charge in [-0.2, -0.15) is 0 Å². The third-order valence-corrected chi connectivity index (χ3v) is 2.32. The van der Waals surface area contributed by atoms with Crippen LogP contribution in [0.3, 0.4) is 0 Å². The van der Waals surface area contributed by atoms with Crippen molar-refractivity contribution in [3.63, 3.8) is 0 Å². The molecule has 0 radical (unpaired) electrons. The summed E-state index contributed by atoms with van der Waals surface area (Å²) in [5.74, 6) is 0.820. The number of hydrogen-bond acceptors (Lipinski definition) is 1. The normalized spacial score (nSPS) is 10.3. The van der Waals surface area contributed by atoms with Crippen molar-refractivity contribution in [1.82, 2.24) is 10.6 Å². The fraction of sp³-hybridized carbons (Fsp3) is 0.909. The second-order valence-corrected chi connectivity index (χ2v) is 4.48. The second kappa shape index (κ2) is 9.25. The highest BCUT2D eigenvalue weighted by Crippen LogP contribution is 2.04. The first-order valence-electron chi connectivity index (χ1n) is 5.68. The molecule has 0 aliphatic carbocycles. The smallest absolute Gasteiger partial charge is 0.166 e. The van der Waals surface area contributed by atoms with Crippen molar-refractivity contribution in [2.75, 3.05) is 13.1 Å². The van der Waals surface area contributed by atoms with E-state index < -0.39 is 0 Å². The molecule has 0 spiro atoms. The van der Waals surface area contributed by atoms with Gasteiger partial charge >= 0.3 is 0 Å². The van der Waals surface area contributed by atoms with E-state index in [1.807, 2.05) is 0 Å². The molecule has 0 amide bonds. The molecule has 2 N–H and O–H groups in total. The van der Waals surface area contributed by atoms with Crippen LogP contribution in [0.1, 0.15) is 46.5 Å². The van der Waals surface area contributed by atoms with Crippen molar-refractivity contribution in [2.24, 2.45) is 5.92 Å². The first-order chi connectivity index (χ1) is 6.66. The molecule has 0 saturated carbocycles. The van der Waals surface area contributed by atoms with Crippen molar-refractivity contribution < 1.29 is 0 Å². The molecule has 0 heterocycles. The van der Waals surface area contributed by atoms with Crippen molar-refractivity contribution in [3.05, 3.63) is 0 Å². The van der Waals surface area contributed by atoms with Gasteiger partial charge in [-0.1, -0.05) is 33.6 Å². The number of rotatable bonds is 7. The summed E-state index contributed by atoms with van der Waals surface area (Å²) >= 11 is 5.10. The maximum atomic E-state index is 5.10. The largest absolute Gasteiger partial charge is 0.363 e. The van der Waals surface area contributed by atoms with Crippen LogP contribution in [0.25, 0.3) is 0 Å². The summed E-state index contributed by atoms with van der Waals surface area (Å²) in [6.45, 7) is 8.64. The van der Waals surface area contributed by atoms with E-state index in [0.29, 0.717) is 0 Å². The van der Waals surface area contributed by atoms with Gasteiger partial charge in [0.2, 0.25) is 0 Å². The molecule has 2 nitrogen and oxygen atoms in total. The van der Waals surface area contributed by atoms with Gasteiger partial charge in [-0.3, -0.25) is 0 Å². The molecule has 0 aliphatic rings. The van der Waals surface area contributed by atoms with Crippen LogP contribution in [0.4, 0.5) is 0 Å². The lowest BCUT2D eigenvalue weighted by Crippen LogP contribution is -2.36. The zero-order valence-electron chi connectivity index (χ0n) is 9.73. The molecule has 0 bridgehead atoms. The Bertz CT molecular complexity index is 146. The number of thiocarbonyl (C=S) groups is 1. The van der Waals surface area contributed by atoms with Crippen molar-refractivity contribution >= 4 is 17.3 Å². The Balaban J connectivity index is 3.15. The van der Waals surface area contributed by atoms with Crippen LogP contribution in [0.15, 0.2) is 0 Å². The maximum Gasteiger partial charge on any atom is 0.166 e. The molecular weight excluding hydrogens is 192 g/mol. The molecule has 0 fully saturated rings. The van der Waals surface area contributed by atoms with E-state index >= 15 is 0 Å². The molecule has 14 heavy (non-hydrogen) atoms. The molecule has 0 unspecified atom stereocenters. The minimum Gasteiger partial charge on any atom is -0.363 e. The zero-order chi connectivity index (χ0) is 10.8. The highest BCUT2D eigenvalue weighted by atomic mass is 32.1. The van der Waals surface area contributed by atoms with Crippen LogP contribution in [-0.4, -0.2) is 18.2 Å². The van der Waals surface area contributed by atoms with Crippen LogP contribution >= 0.6 is 12.2 Å². The molecule has 0 rings (SSSR count). The minimum atomic E-state index is 0.802. The topological polar surface area (TPSA) is 24.1 Å². The lowest BCUT2D eigenvalue weighted by Gasteiger charge is -2.09. The van der Waals surface area contributed by atoms with Gasteiger partial charge < -0.3 is 10.6 Å². The van der Waals surface area contributed by atoms with Crippen LogP contribution in [0.5, 0.6) is 0 Å². The van der Waals surface area contributed by atoms with Gasteiger partial charge in [-0.25, -0.2) is 0 Å². The van der Waals surface area contributed by atoms with E-state index in [1.165, 1.54) is 19.3 Å². The van der Waals surface area contributed by atoms with Gasteiger partial charge in [-0.15, -0.1) is 0 Å². The van der Waals surface area contributed by atoms with E-state index in [0.717, 1.165) is 30.5 Å². The number of unbranched alkanes of at least 4 members (excludes halogenated alkanes) is 1. The van der Waals surface area contributed by atoms with E-state index in [-0.39, 0.29) is 0 Å². The maximum absolute atomic E-state index is 5.10. The number of hydrogen-bond donors (Lipinski definition) is 2. The second-order valence-electron chi connectivity index (χ2n) is 4.07. The third kappa shape index (κ3) is 9.78. The predicted octanol–water partition coefficient (Wildman–Crippen LogP) is 2.69. The summed E-state index contributed by atoms with van der Waals surface area (Å²) in [7, 11) is 0. The van der Waals surface area contributed by atoms with Gasteiger partial charge in [0.25, 0.3) is 0 Å². The molecule has 0 aromatic rings. The van der Waals surface area contributed by atoms with Crippen molar-refractivity contribution in [1.29, 1.82) is 0 Å². The van der Waals surface area contributed by atoms with Gasteiger partial charge in [0.15, 0.2) is 5.11 Å². The Kier molecular flexibility index (Phi) is 9.05. The summed E-state index contributed by atoms with van der Waals surface area (Å²) in [4.78, 5) is 0. The highest BCUT2D eigenvalue weighted by molar-refractivity contribution is 7.80. The van der Waals surface area contributed by atoms with Crippen LogP contribution in [-0.2, 0) is 0 Å². The van der Waals surface area contributed by atoms with Crippen LogP contribution < -0.4 is 10.6 Å². The first kappa shape index (κ1) is 13.7. The van der Waals surface area contributed by atoms with E-state index in [4.69, 9.17) is 12.2 Å². The fourth-order valence-electron chi connectivity index (χ4n) is 1.18. The van der Waals surface area contributed by atoms with Gasteiger partial charge in [0.05, 0.1) is 0 Å². The minimum absolute atomic E-state index is 0.802. The standard InChI is InChI=1S/C11H24N2S/c1-4-8-12-11(14)13-9-6-5-7-10(2)3/h10H,4-9H2,1-3H3,(H2,12,13,14). The predicted molar refractivity (Wildman–Crippen MR) is 67.6 cm³/mol. The summed E-state index contributed by atoms with van der Waals surface area (Å²) in [5.41, 5.74) is 0. The Labute approximate surface area is 93.8 Å². The summed E-state index contributed by atoms with van der Waals surface area (Å²) in [5, 5.41) is 7.17. The lowest BCUT2D eigenvalue weighted by atomic mass is 10.1. The van der Waals surface area contributed by atoms with Gasteiger partial charge in [-0.05, 0) is 31.0 Å². The van der Waals surface area contributed by atoms with E-state index in [2.05, 4.69) is 31.4 Å². The molecule has 3 heteroatoms. The quantitative estimate of drug-likeness (QED) is 0.505. The zero-order valence-corrected chi connectivity index (χ0v) is 10.5. The molecule has 0 atom stereocenters. The van der Waals surface area contributed by atoms with Crippen molar-refractivity contribution in [2.45, 2.75) is 46.5 Å². The lowest BCUT2D eigenvalue weighted by molar-refractivity contribution is 0.535. The van der Waals surface area contributed by atoms with E-state index in [9.17, 15) is 0 Å². The Morgan fingerprint density at radius 1 is 1.14 bits per heavy atom. The van der Waals surface area contributed by atoms with Crippen molar-refractivity contribution in [3.8, 4) is 0 Å². The Hall–Kier alpha value is -0.310. The SMILES string of the molecule is CCCNC(=S)NCCCCC(C)C. The average Bonchev–Trinajstić information content (AvgIpc) is 2.13. The Morgan fingerprint density at radius 3 is 2.36 bits per heavy atom. The molecule has 84 valence electrons. The highest BCUT2D eigenvalue weighted by Gasteiger charge is 1.95. The molecular formula is C11H24N2S. The molecule has 0 aromatic carbocycles. The molecule has 0 saturated heterocycles. The van der Waals surface area contributed by atoms with Gasteiger partial charge in [0, 0.05) is 13.1 Å². The first-order valence-corrected chi connectivity index (χ1v) is 6.09. The summed E-state index contributed by atoms with van der Waals surface area (Å²) in [6.07, 6.45) is 4.94. The summed E-state index contributed by atoms with van der Waals surface area (Å²) < 4.78 is 0. The molecule has 0 aliphatic heterocycles. The third-order valence-electron chi connectivity index (χ3n) is 2.03. The average molecular weight is 216 g/mol. The molecule has 0 aromatic heterocycles. The van der Waals surface area contributed by atoms with Gasteiger partial charge in [0.1, 0.15) is 0 Å². The van der Waals surface area contributed by atoms with Crippen LogP contribution in [0, 0.1) is 5.92 Å². The van der Waals surface area contributed by atoms with Crippen LogP contribution in [0.2, 0.25) is 0 Å². The monoisotopic (exact) mass is 216 g/mol. The fourth-order valence-corrected chi connectivity index (χ4v) is 1.38. The Morgan fingerprint density at radius 2 is 1.79 bits per heavy atom. The summed E-state index contributed by atoms with van der Waals surface area (Å²) in [6, 6.07) is 0. The van der Waals surface area contributed by atoms with E-state index in [1.54, 1.807) is 0 Å².